The first kappa shape index (κ1) is 21.9. The fourth-order valence-corrected chi connectivity index (χ4v) is 3.29. The van der Waals surface area contributed by atoms with Gasteiger partial charge in [0, 0.05) is 13.7 Å². The lowest BCUT2D eigenvalue weighted by Gasteiger charge is -2.04. The Hall–Kier alpha value is -4.31. The fourth-order valence-electron chi connectivity index (χ4n) is 3.29. The Balaban J connectivity index is 1.79. The fraction of sp³-hybridized carbons (Fsp3) is 0.174. The maximum absolute atomic E-state index is 12.9. The Morgan fingerprint density at radius 3 is 2.45 bits per heavy atom. The van der Waals surface area contributed by atoms with Gasteiger partial charge in [-0.05, 0) is 29.8 Å². The third-order valence-electron chi connectivity index (χ3n) is 4.95. The molecule has 0 aliphatic rings. The first-order valence-corrected chi connectivity index (χ1v) is 10.1. The molecule has 0 unspecified atom stereocenters. The molecule has 0 bridgehead atoms. The van der Waals surface area contributed by atoms with Gasteiger partial charge in [0.05, 0.1) is 36.5 Å². The number of hydrogen-bond acceptors (Lipinski definition) is 8. The van der Waals surface area contributed by atoms with Crippen molar-refractivity contribution in [2.45, 2.75) is 0 Å². The summed E-state index contributed by atoms with van der Waals surface area (Å²) in [7, 11) is 2.88. The minimum atomic E-state index is -0.426. The summed E-state index contributed by atoms with van der Waals surface area (Å²) >= 11 is 0. The van der Waals surface area contributed by atoms with E-state index < -0.39 is 11.9 Å². The lowest BCUT2D eigenvalue weighted by molar-refractivity contribution is 0.0600. The van der Waals surface area contributed by atoms with E-state index in [0.717, 1.165) is 0 Å². The smallest absolute Gasteiger partial charge is 0.337 e. The zero-order valence-corrected chi connectivity index (χ0v) is 18.1. The van der Waals surface area contributed by atoms with Crippen molar-refractivity contribution in [3.63, 3.8) is 0 Å². The molecule has 168 valence electrons. The molecule has 10 nitrogen and oxygen atoms in total. The van der Waals surface area contributed by atoms with E-state index >= 15 is 0 Å². The van der Waals surface area contributed by atoms with Crippen molar-refractivity contribution in [1.82, 2.24) is 20.0 Å². The van der Waals surface area contributed by atoms with Crippen LogP contribution in [0.25, 0.3) is 22.2 Å². The molecule has 0 aliphatic carbocycles. The maximum atomic E-state index is 12.9. The second-order valence-corrected chi connectivity index (χ2v) is 7.06. The van der Waals surface area contributed by atoms with E-state index in [1.807, 2.05) is 24.3 Å². The normalized spacial score (nSPS) is 11.3. The lowest BCUT2D eigenvalue weighted by Crippen LogP contribution is -2.27. The van der Waals surface area contributed by atoms with Gasteiger partial charge in [-0.25, -0.2) is 14.8 Å². The Kier molecular flexibility index (Phi) is 6.27. The molecule has 2 heterocycles. The predicted molar refractivity (Wildman–Crippen MR) is 124 cm³/mol. The van der Waals surface area contributed by atoms with Gasteiger partial charge in [-0.2, -0.15) is 9.78 Å². The SMILES string of the molecule is COCCNC(=O)c1c(N)n(N=Cc2ccc(C(=O)OC)cc2)c2nc3ccccc3nc12. The molecule has 0 saturated heterocycles. The predicted octanol–water partition coefficient (Wildman–Crippen LogP) is 2.21. The molecule has 0 aliphatic heterocycles. The maximum Gasteiger partial charge on any atom is 0.337 e. The van der Waals surface area contributed by atoms with Gasteiger partial charge in [0.25, 0.3) is 5.91 Å². The summed E-state index contributed by atoms with van der Waals surface area (Å²) in [6.45, 7) is 0.677. The number of hydrogen-bond donors (Lipinski definition) is 2. The molecule has 0 radical (unpaired) electrons. The number of ether oxygens (including phenoxy) is 2. The summed E-state index contributed by atoms with van der Waals surface area (Å²) in [4.78, 5) is 33.8. The van der Waals surface area contributed by atoms with Gasteiger partial charge in [-0.15, -0.1) is 0 Å². The Morgan fingerprint density at radius 2 is 1.79 bits per heavy atom. The van der Waals surface area contributed by atoms with Crippen LogP contribution in [-0.2, 0) is 9.47 Å². The molecule has 0 atom stereocenters. The summed E-state index contributed by atoms with van der Waals surface area (Å²) < 4.78 is 11.1. The average Bonchev–Trinajstić information content (AvgIpc) is 3.11. The van der Waals surface area contributed by atoms with Crippen LogP contribution >= 0.6 is 0 Å². The van der Waals surface area contributed by atoms with E-state index in [0.29, 0.717) is 46.5 Å². The summed E-state index contributed by atoms with van der Waals surface area (Å²) in [5.41, 5.74) is 9.65. The number of nitrogens with one attached hydrogen (secondary N) is 1. The monoisotopic (exact) mass is 446 g/mol. The first-order chi connectivity index (χ1) is 16.0. The number of carbonyl (C=O) groups excluding carboxylic acids is 2. The topological polar surface area (TPSA) is 134 Å². The van der Waals surface area contributed by atoms with E-state index in [1.165, 1.54) is 11.8 Å². The molecule has 0 saturated carbocycles. The molecular weight excluding hydrogens is 424 g/mol. The highest BCUT2D eigenvalue weighted by atomic mass is 16.5. The van der Waals surface area contributed by atoms with E-state index in [2.05, 4.69) is 20.4 Å². The van der Waals surface area contributed by atoms with E-state index in [-0.39, 0.29) is 11.4 Å². The quantitative estimate of drug-likeness (QED) is 0.252. The van der Waals surface area contributed by atoms with Crippen LogP contribution in [-0.4, -0.2) is 60.1 Å². The number of benzene rings is 2. The van der Waals surface area contributed by atoms with Gasteiger partial charge in [0.15, 0.2) is 5.65 Å². The molecular formula is C23H22N6O4. The summed E-state index contributed by atoms with van der Waals surface area (Å²) in [6, 6.07) is 14.0. The van der Waals surface area contributed by atoms with Crippen molar-refractivity contribution in [2.24, 2.45) is 5.10 Å². The number of nitrogen functional groups attached to an aromatic ring is 1. The summed E-state index contributed by atoms with van der Waals surface area (Å²) in [6.07, 6.45) is 1.56. The number of nitrogens with two attached hydrogens (primary N) is 1. The third kappa shape index (κ3) is 4.37. The van der Waals surface area contributed by atoms with Gasteiger partial charge in [0.1, 0.15) is 16.9 Å². The van der Waals surface area contributed by atoms with Gasteiger partial charge < -0.3 is 20.5 Å². The number of anilines is 1. The minimum Gasteiger partial charge on any atom is -0.465 e. The third-order valence-corrected chi connectivity index (χ3v) is 4.95. The van der Waals surface area contributed by atoms with Crippen molar-refractivity contribution >= 4 is 46.1 Å². The van der Waals surface area contributed by atoms with Crippen molar-refractivity contribution in [3.05, 3.63) is 65.2 Å². The van der Waals surface area contributed by atoms with Crippen LogP contribution in [0.2, 0.25) is 0 Å². The number of para-hydroxylation sites is 2. The highest BCUT2D eigenvalue weighted by molar-refractivity contribution is 6.10. The second-order valence-electron chi connectivity index (χ2n) is 7.06. The summed E-state index contributed by atoms with van der Waals surface area (Å²) in [5, 5.41) is 7.22. The number of methoxy groups -OCH3 is 2. The van der Waals surface area contributed by atoms with Crippen molar-refractivity contribution in [2.75, 3.05) is 33.1 Å². The highest BCUT2D eigenvalue weighted by Gasteiger charge is 2.23. The summed E-state index contributed by atoms with van der Waals surface area (Å²) in [5.74, 6) is -0.710. The molecule has 0 spiro atoms. The zero-order chi connectivity index (χ0) is 23.4. The van der Waals surface area contributed by atoms with Gasteiger partial charge >= 0.3 is 5.97 Å². The van der Waals surface area contributed by atoms with Crippen LogP contribution in [0.4, 0.5) is 5.82 Å². The van der Waals surface area contributed by atoms with Crippen LogP contribution in [0.5, 0.6) is 0 Å². The molecule has 0 fully saturated rings. The van der Waals surface area contributed by atoms with E-state index in [1.54, 1.807) is 37.6 Å². The highest BCUT2D eigenvalue weighted by Crippen LogP contribution is 2.27. The molecule has 1 amide bonds. The molecule has 4 rings (SSSR count). The minimum absolute atomic E-state index is 0.109. The van der Waals surface area contributed by atoms with Crippen LogP contribution < -0.4 is 11.1 Å². The number of amides is 1. The van der Waals surface area contributed by atoms with E-state index in [9.17, 15) is 9.59 Å². The van der Waals surface area contributed by atoms with Crippen LogP contribution in [0.15, 0.2) is 53.6 Å². The number of carbonyl (C=O) groups is 2. The Labute approximate surface area is 189 Å². The van der Waals surface area contributed by atoms with Crippen LogP contribution in [0, 0.1) is 0 Å². The number of fused-ring (bicyclic) bond motifs is 2. The average molecular weight is 446 g/mol. The number of aromatic nitrogens is 3. The second kappa shape index (κ2) is 9.45. The van der Waals surface area contributed by atoms with Crippen molar-refractivity contribution < 1.29 is 19.1 Å². The zero-order valence-electron chi connectivity index (χ0n) is 18.1. The Bertz CT molecular complexity index is 1360. The molecule has 33 heavy (non-hydrogen) atoms. The molecule has 3 N–H and O–H groups in total. The molecule has 2 aromatic carbocycles. The number of rotatable bonds is 7. The molecule has 4 aromatic rings. The molecule has 10 heteroatoms. The largest absolute Gasteiger partial charge is 0.465 e. The lowest BCUT2D eigenvalue weighted by atomic mass is 10.1. The van der Waals surface area contributed by atoms with Crippen molar-refractivity contribution in [1.29, 1.82) is 0 Å². The van der Waals surface area contributed by atoms with Gasteiger partial charge in [0.2, 0.25) is 0 Å². The van der Waals surface area contributed by atoms with Crippen LogP contribution in [0.1, 0.15) is 26.3 Å². The van der Waals surface area contributed by atoms with Gasteiger partial charge in [-0.1, -0.05) is 24.3 Å². The Morgan fingerprint density at radius 1 is 1.09 bits per heavy atom. The van der Waals surface area contributed by atoms with Gasteiger partial charge in [-0.3, -0.25) is 4.79 Å². The number of nitrogens with zero attached hydrogens (tertiary/aromatic N) is 4. The molecule has 2 aromatic heterocycles. The standard InChI is InChI=1S/C23H22N6O4/c1-32-12-11-25-22(30)18-19-21(28-17-6-4-3-5-16(17)27-19)29(20(18)24)26-13-14-7-9-15(10-8-14)23(31)33-2/h3-10,13H,11-12,24H2,1-2H3,(H,25,30). The van der Waals surface area contributed by atoms with Crippen LogP contribution in [0.3, 0.4) is 0 Å². The van der Waals surface area contributed by atoms with E-state index in [4.69, 9.17) is 15.2 Å². The first-order valence-electron chi connectivity index (χ1n) is 10.1. The number of esters is 1. The van der Waals surface area contributed by atoms with Crippen molar-refractivity contribution in [3.8, 4) is 0 Å².